The van der Waals surface area contributed by atoms with Crippen molar-refractivity contribution in [2.75, 3.05) is 20.1 Å². The van der Waals surface area contributed by atoms with Gasteiger partial charge < -0.3 is 9.52 Å². The van der Waals surface area contributed by atoms with E-state index in [4.69, 9.17) is 4.42 Å². The first kappa shape index (κ1) is 16.7. The number of aliphatic hydroxyl groups is 1. The summed E-state index contributed by atoms with van der Waals surface area (Å²) in [4.78, 5) is 5.75. The third-order valence-corrected chi connectivity index (χ3v) is 5.81. The lowest BCUT2D eigenvalue weighted by atomic mass is 10.2. The number of nitrogens with zero attached hydrogens (tertiary/aromatic N) is 4. The fourth-order valence-corrected chi connectivity index (χ4v) is 4.58. The summed E-state index contributed by atoms with van der Waals surface area (Å²) in [5.74, 6) is 1.16. The van der Waals surface area contributed by atoms with Crippen molar-refractivity contribution in [3.8, 4) is 0 Å². The molecule has 0 bridgehead atoms. The largest absolute Gasteiger partial charge is 0.424 e. The van der Waals surface area contributed by atoms with E-state index < -0.39 is 0 Å². The first-order valence-corrected chi connectivity index (χ1v) is 9.27. The summed E-state index contributed by atoms with van der Waals surface area (Å²) >= 11 is 1.83. The molecular formula is C18H22N4O2S. The lowest BCUT2D eigenvalue weighted by molar-refractivity contribution is 0.0899. The van der Waals surface area contributed by atoms with Crippen LogP contribution in [0.15, 0.2) is 34.7 Å². The van der Waals surface area contributed by atoms with Crippen molar-refractivity contribution in [1.29, 1.82) is 0 Å². The van der Waals surface area contributed by atoms with Crippen LogP contribution >= 0.6 is 11.3 Å². The predicted molar refractivity (Wildman–Crippen MR) is 97.4 cm³/mol. The quantitative estimate of drug-likeness (QED) is 0.755. The third kappa shape index (κ3) is 3.59. The van der Waals surface area contributed by atoms with Crippen LogP contribution in [0.1, 0.15) is 16.7 Å². The second-order valence-corrected chi connectivity index (χ2v) is 7.88. The average molecular weight is 358 g/mol. The maximum Gasteiger partial charge on any atom is 0.230 e. The number of hydrogen-bond donors (Lipinski definition) is 1. The highest BCUT2D eigenvalue weighted by Gasteiger charge is 2.34. The Morgan fingerprint density at radius 2 is 2.16 bits per heavy atom. The van der Waals surface area contributed by atoms with Crippen molar-refractivity contribution in [2.24, 2.45) is 0 Å². The number of β-amino-alcohol motifs (C(OH)–C–C–N with tert-alkyl or cyclic N) is 1. The summed E-state index contributed by atoms with van der Waals surface area (Å²) in [7, 11) is 2.00. The monoisotopic (exact) mass is 358 g/mol. The summed E-state index contributed by atoms with van der Waals surface area (Å²) in [6.07, 6.45) is -0.372. The van der Waals surface area contributed by atoms with Crippen LogP contribution < -0.4 is 0 Å². The first-order chi connectivity index (χ1) is 12.1. The van der Waals surface area contributed by atoms with Crippen LogP contribution in [0.3, 0.4) is 0 Å². The minimum absolute atomic E-state index is 0.0709. The molecule has 0 aliphatic carbocycles. The van der Waals surface area contributed by atoms with Crippen LogP contribution in [0.4, 0.5) is 0 Å². The second-order valence-electron chi connectivity index (χ2n) is 6.71. The van der Waals surface area contributed by atoms with Gasteiger partial charge in [-0.3, -0.25) is 9.80 Å². The van der Waals surface area contributed by atoms with Crippen molar-refractivity contribution in [2.45, 2.75) is 32.2 Å². The summed E-state index contributed by atoms with van der Waals surface area (Å²) in [6.45, 7) is 4.73. The van der Waals surface area contributed by atoms with Crippen molar-refractivity contribution < 1.29 is 9.52 Å². The highest BCUT2D eigenvalue weighted by Crippen LogP contribution is 2.28. The molecule has 0 amide bonds. The van der Waals surface area contributed by atoms with Gasteiger partial charge in [0, 0.05) is 42.2 Å². The molecule has 1 aliphatic rings. The van der Waals surface area contributed by atoms with Crippen molar-refractivity contribution in [3.05, 3.63) is 47.0 Å². The Bertz CT molecular complexity index is 829. The van der Waals surface area contributed by atoms with Gasteiger partial charge in [-0.25, -0.2) is 0 Å². The van der Waals surface area contributed by atoms with Gasteiger partial charge in [0.1, 0.15) is 0 Å². The Morgan fingerprint density at radius 1 is 1.32 bits per heavy atom. The molecule has 4 rings (SSSR count). The number of rotatable bonds is 5. The zero-order valence-corrected chi connectivity index (χ0v) is 15.2. The number of aryl methyl sites for hydroxylation is 1. The Kier molecular flexibility index (Phi) is 4.56. The number of thiophene rings is 1. The average Bonchev–Trinajstić information content (AvgIpc) is 3.26. The van der Waals surface area contributed by atoms with Crippen molar-refractivity contribution >= 4 is 21.4 Å². The number of aromatic nitrogens is 2. The standard InChI is InChI=1S/C18H22N4O2S/c1-12-19-20-18(24-12)11-21(2)15-9-22(10-16(15)23)8-14-7-13-5-3-4-6-17(13)25-14/h3-7,15-16,23H,8-11H2,1-2H3/t15-,16+/m0/s1. The van der Waals surface area contributed by atoms with Crippen LogP contribution in [0, 0.1) is 6.92 Å². The normalized spacial score (nSPS) is 21.6. The number of likely N-dealkylation sites (N-methyl/N-ethyl adjacent to an activating group) is 1. The van der Waals surface area contributed by atoms with Gasteiger partial charge in [0.25, 0.3) is 0 Å². The Labute approximate surface area is 150 Å². The summed E-state index contributed by atoms with van der Waals surface area (Å²) in [5, 5.41) is 19.7. The minimum Gasteiger partial charge on any atom is -0.424 e. The van der Waals surface area contributed by atoms with Gasteiger partial charge in [0.15, 0.2) is 0 Å². The Hall–Kier alpha value is -1.80. The maximum atomic E-state index is 10.5. The van der Waals surface area contributed by atoms with Crippen LogP contribution in [0.5, 0.6) is 0 Å². The molecule has 1 aliphatic heterocycles. The number of likely N-dealkylation sites (tertiary alicyclic amines) is 1. The number of hydrogen-bond acceptors (Lipinski definition) is 7. The van der Waals surface area contributed by atoms with Crippen LogP contribution in [0.2, 0.25) is 0 Å². The molecule has 6 nitrogen and oxygen atoms in total. The van der Waals surface area contributed by atoms with E-state index >= 15 is 0 Å². The molecule has 132 valence electrons. The maximum absolute atomic E-state index is 10.5. The van der Waals surface area contributed by atoms with Gasteiger partial charge in [-0.2, -0.15) is 0 Å². The van der Waals surface area contributed by atoms with E-state index in [0.29, 0.717) is 24.9 Å². The zero-order chi connectivity index (χ0) is 17.4. The van der Waals surface area contributed by atoms with Crippen LogP contribution in [-0.2, 0) is 13.1 Å². The topological polar surface area (TPSA) is 65.6 Å². The summed E-state index contributed by atoms with van der Waals surface area (Å²) in [6, 6.07) is 10.8. The predicted octanol–water partition coefficient (Wildman–Crippen LogP) is 2.27. The highest BCUT2D eigenvalue weighted by molar-refractivity contribution is 7.19. The van der Waals surface area contributed by atoms with Crippen molar-refractivity contribution in [1.82, 2.24) is 20.0 Å². The lowest BCUT2D eigenvalue weighted by Gasteiger charge is -2.25. The fraction of sp³-hybridized carbons (Fsp3) is 0.444. The molecule has 25 heavy (non-hydrogen) atoms. The first-order valence-electron chi connectivity index (χ1n) is 8.45. The molecule has 2 aromatic heterocycles. The van der Waals surface area contributed by atoms with E-state index in [9.17, 15) is 5.11 Å². The summed E-state index contributed by atoms with van der Waals surface area (Å²) < 4.78 is 6.76. The fourth-order valence-electron chi connectivity index (χ4n) is 3.48. The number of aliphatic hydroxyl groups excluding tert-OH is 1. The lowest BCUT2D eigenvalue weighted by Crippen LogP contribution is -2.40. The molecule has 0 spiro atoms. The molecule has 1 N–H and O–H groups in total. The van der Waals surface area contributed by atoms with Gasteiger partial charge in [-0.1, -0.05) is 18.2 Å². The summed E-state index contributed by atoms with van der Waals surface area (Å²) in [5.41, 5.74) is 0. The Morgan fingerprint density at radius 3 is 2.92 bits per heavy atom. The Balaban J connectivity index is 1.40. The smallest absolute Gasteiger partial charge is 0.230 e. The molecule has 1 fully saturated rings. The van der Waals surface area contributed by atoms with Gasteiger partial charge in [0.2, 0.25) is 11.8 Å². The van der Waals surface area contributed by atoms with Gasteiger partial charge in [-0.05, 0) is 24.6 Å². The van der Waals surface area contributed by atoms with E-state index in [1.165, 1.54) is 15.0 Å². The minimum atomic E-state index is -0.372. The number of fused-ring (bicyclic) bond motifs is 1. The second kappa shape index (κ2) is 6.84. The molecule has 7 heteroatoms. The number of benzene rings is 1. The van der Waals surface area contributed by atoms with Crippen molar-refractivity contribution in [3.63, 3.8) is 0 Å². The molecule has 1 aromatic carbocycles. The van der Waals surface area contributed by atoms with Gasteiger partial charge in [-0.15, -0.1) is 21.5 Å². The van der Waals surface area contributed by atoms with E-state index in [-0.39, 0.29) is 12.1 Å². The SMILES string of the molecule is Cc1nnc(CN(C)[C@H]2CN(Cc3cc4ccccc4s3)C[C@H]2O)o1. The highest BCUT2D eigenvalue weighted by atomic mass is 32.1. The van der Waals surface area contributed by atoms with E-state index in [1.807, 2.05) is 18.4 Å². The molecule has 0 radical (unpaired) electrons. The molecule has 2 atom stereocenters. The van der Waals surface area contributed by atoms with E-state index in [2.05, 4.69) is 50.3 Å². The van der Waals surface area contributed by atoms with E-state index in [0.717, 1.165) is 13.1 Å². The zero-order valence-electron chi connectivity index (χ0n) is 14.4. The molecule has 1 saturated heterocycles. The van der Waals surface area contributed by atoms with E-state index in [1.54, 1.807) is 6.92 Å². The molecule has 0 saturated carbocycles. The van der Waals surface area contributed by atoms with Gasteiger partial charge in [0.05, 0.1) is 12.6 Å². The van der Waals surface area contributed by atoms with Gasteiger partial charge >= 0.3 is 0 Å². The molecular weight excluding hydrogens is 336 g/mol. The van der Waals surface area contributed by atoms with Crippen LogP contribution in [0.25, 0.3) is 10.1 Å². The molecule has 3 heterocycles. The molecule has 0 unspecified atom stereocenters. The molecule has 3 aromatic rings. The third-order valence-electron chi connectivity index (χ3n) is 4.71. The van der Waals surface area contributed by atoms with Crippen LogP contribution in [-0.4, -0.2) is 57.4 Å².